The predicted molar refractivity (Wildman–Crippen MR) is 46.2 cm³/mol. The molecule has 2 heterocycles. The van der Waals surface area contributed by atoms with Gasteiger partial charge in [-0.25, -0.2) is 0 Å². The number of hydrogen-bond acceptors (Lipinski definition) is 3. The first-order chi connectivity index (χ1) is 5.75. The van der Waals surface area contributed by atoms with Gasteiger partial charge in [0.1, 0.15) is 0 Å². The van der Waals surface area contributed by atoms with E-state index in [1.807, 2.05) is 0 Å². The van der Waals surface area contributed by atoms with Crippen molar-refractivity contribution in [3.05, 3.63) is 0 Å². The number of likely N-dealkylation sites (tertiary alicyclic amines) is 1. The summed E-state index contributed by atoms with van der Waals surface area (Å²) in [6, 6.07) is 0. The fourth-order valence-electron chi connectivity index (χ4n) is 1.97. The van der Waals surface area contributed by atoms with Gasteiger partial charge in [-0.05, 0) is 20.4 Å². The highest BCUT2D eigenvalue weighted by Gasteiger charge is 2.33. The number of nitrogens with zero attached hydrogens (tertiary/aromatic N) is 1. The Morgan fingerprint density at radius 2 is 2.17 bits per heavy atom. The maximum Gasteiger partial charge on any atom is 0.0968 e. The van der Waals surface area contributed by atoms with E-state index >= 15 is 0 Å². The van der Waals surface area contributed by atoms with Crippen molar-refractivity contribution in [1.82, 2.24) is 4.90 Å². The highest BCUT2D eigenvalue weighted by atomic mass is 16.6. The van der Waals surface area contributed by atoms with Gasteiger partial charge in [0.05, 0.1) is 24.9 Å². The first-order valence-corrected chi connectivity index (χ1v) is 4.71. The first kappa shape index (κ1) is 8.48. The lowest BCUT2D eigenvalue weighted by Gasteiger charge is -2.41. The molecule has 3 nitrogen and oxygen atoms in total. The van der Waals surface area contributed by atoms with E-state index in [1.54, 1.807) is 0 Å². The number of ether oxygens (including phenoxy) is 2. The van der Waals surface area contributed by atoms with E-state index in [1.165, 1.54) is 0 Å². The van der Waals surface area contributed by atoms with E-state index in [2.05, 4.69) is 18.9 Å². The van der Waals surface area contributed by atoms with Crippen molar-refractivity contribution >= 4 is 0 Å². The summed E-state index contributed by atoms with van der Waals surface area (Å²) in [6.45, 7) is 5.00. The van der Waals surface area contributed by atoms with Gasteiger partial charge in [0.25, 0.3) is 0 Å². The molecule has 2 aliphatic rings. The van der Waals surface area contributed by atoms with Crippen LogP contribution in [0.15, 0.2) is 0 Å². The molecule has 3 atom stereocenters. The zero-order valence-corrected chi connectivity index (χ0v) is 7.82. The molecule has 0 N–H and O–H groups in total. The summed E-state index contributed by atoms with van der Waals surface area (Å²) < 4.78 is 11.5. The third kappa shape index (κ3) is 1.63. The minimum absolute atomic E-state index is 0.276. The monoisotopic (exact) mass is 171 g/mol. The topological polar surface area (TPSA) is 21.7 Å². The van der Waals surface area contributed by atoms with Crippen molar-refractivity contribution in [1.29, 1.82) is 0 Å². The van der Waals surface area contributed by atoms with Gasteiger partial charge in [0.15, 0.2) is 0 Å². The Balaban J connectivity index is 1.94. The Morgan fingerprint density at radius 1 is 1.33 bits per heavy atom. The lowest BCUT2D eigenvalue weighted by Crippen LogP contribution is -2.52. The summed E-state index contributed by atoms with van der Waals surface area (Å²) in [4.78, 5) is 2.31. The summed E-state index contributed by atoms with van der Waals surface area (Å²) in [5.41, 5.74) is 0. The minimum atomic E-state index is 0.276. The molecule has 0 radical (unpaired) electrons. The fraction of sp³-hybridized carbons (Fsp3) is 1.00. The van der Waals surface area contributed by atoms with Crippen molar-refractivity contribution < 1.29 is 9.47 Å². The molecule has 0 spiro atoms. The normalized spacial score (nSPS) is 44.0. The van der Waals surface area contributed by atoms with Crippen LogP contribution in [-0.2, 0) is 9.47 Å². The second kappa shape index (κ2) is 3.32. The molecule has 0 saturated carbocycles. The average Bonchev–Trinajstić information content (AvgIpc) is 2.03. The van der Waals surface area contributed by atoms with Crippen LogP contribution in [0.2, 0.25) is 0 Å². The zero-order valence-electron chi connectivity index (χ0n) is 7.82. The van der Waals surface area contributed by atoms with Gasteiger partial charge in [0.2, 0.25) is 0 Å². The van der Waals surface area contributed by atoms with E-state index in [-0.39, 0.29) is 6.10 Å². The molecule has 0 aromatic rings. The Morgan fingerprint density at radius 3 is 3.00 bits per heavy atom. The van der Waals surface area contributed by atoms with E-state index in [0.717, 1.165) is 26.1 Å². The van der Waals surface area contributed by atoms with Crippen LogP contribution in [0.25, 0.3) is 0 Å². The average molecular weight is 171 g/mol. The molecule has 70 valence electrons. The molecule has 2 aliphatic heterocycles. The van der Waals surface area contributed by atoms with Crippen LogP contribution in [0.3, 0.4) is 0 Å². The summed E-state index contributed by atoms with van der Waals surface area (Å²) in [6.07, 6.45) is 2.07. The maximum absolute atomic E-state index is 5.79. The van der Waals surface area contributed by atoms with Gasteiger partial charge < -0.3 is 14.4 Å². The van der Waals surface area contributed by atoms with Gasteiger partial charge in [-0.1, -0.05) is 0 Å². The smallest absolute Gasteiger partial charge is 0.0968 e. The standard InChI is InChI=1S/C9H17NO2/c1-7-6-11-8-3-4-10(2)5-9(8)12-7/h7-9H,3-6H2,1-2H3. The van der Waals surface area contributed by atoms with Crippen LogP contribution in [0.5, 0.6) is 0 Å². The van der Waals surface area contributed by atoms with Crippen LogP contribution in [0.4, 0.5) is 0 Å². The molecule has 0 aromatic heterocycles. The van der Waals surface area contributed by atoms with Crippen LogP contribution >= 0.6 is 0 Å². The van der Waals surface area contributed by atoms with Gasteiger partial charge in [-0.2, -0.15) is 0 Å². The zero-order chi connectivity index (χ0) is 8.55. The summed E-state index contributed by atoms with van der Waals surface area (Å²) in [5.74, 6) is 0. The van der Waals surface area contributed by atoms with E-state index < -0.39 is 0 Å². The molecule has 0 aromatic carbocycles. The Hall–Kier alpha value is -0.120. The lowest BCUT2D eigenvalue weighted by molar-refractivity contribution is -0.193. The van der Waals surface area contributed by atoms with Gasteiger partial charge >= 0.3 is 0 Å². The lowest BCUT2D eigenvalue weighted by atomic mass is 10.0. The van der Waals surface area contributed by atoms with Gasteiger partial charge in [-0.15, -0.1) is 0 Å². The molecule has 2 saturated heterocycles. The Bertz CT molecular complexity index is 147. The number of likely N-dealkylation sites (N-methyl/N-ethyl adjacent to an activating group) is 1. The molecule has 3 heteroatoms. The van der Waals surface area contributed by atoms with Crippen molar-refractivity contribution in [2.45, 2.75) is 31.7 Å². The van der Waals surface area contributed by atoms with E-state index in [0.29, 0.717) is 12.2 Å². The molecule has 3 unspecified atom stereocenters. The molecule has 0 aliphatic carbocycles. The quantitative estimate of drug-likeness (QED) is 0.529. The molecular weight excluding hydrogens is 154 g/mol. The van der Waals surface area contributed by atoms with E-state index in [4.69, 9.17) is 9.47 Å². The molecule has 0 bridgehead atoms. The highest BCUT2D eigenvalue weighted by Crippen LogP contribution is 2.21. The van der Waals surface area contributed by atoms with Crippen molar-refractivity contribution in [2.75, 3.05) is 26.7 Å². The summed E-state index contributed by atoms with van der Waals surface area (Å²) in [7, 11) is 2.14. The predicted octanol–water partition coefficient (Wildman–Crippen LogP) is 0.494. The molecule has 12 heavy (non-hydrogen) atoms. The minimum Gasteiger partial charge on any atom is -0.373 e. The van der Waals surface area contributed by atoms with Crippen molar-refractivity contribution in [3.8, 4) is 0 Å². The largest absolute Gasteiger partial charge is 0.373 e. The number of piperidine rings is 1. The Kier molecular flexibility index (Phi) is 2.35. The fourth-order valence-corrected chi connectivity index (χ4v) is 1.97. The molecule has 2 fully saturated rings. The third-order valence-electron chi connectivity index (χ3n) is 2.65. The van der Waals surface area contributed by atoms with Gasteiger partial charge in [0, 0.05) is 13.1 Å². The SMILES string of the molecule is CC1COC2CCN(C)CC2O1. The van der Waals surface area contributed by atoms with Crippen LogP contribution in [-0.4, -0.2) is 50.0 Å². The highest BCUT2D eigenvalue weighted by molar-refractivity contribution is 4.83. The molecule has 2 rings (SSSR count). The van der Waals surface area contributed by atoms with Gasteiger partial charge in [-0.3, -0.25) is 0 Å². The maximum atomic E-state index is 5.79. The summed E-state index contributed by atoms with van der Waals surface area (Å²) in [5, 5.41) is 0. The van der Waals surface area contributed by atoms with Crippen LogP contribution in [0.1, 0.15) is 13.3 Å². The first-order valence-electron chi connectivity index (χ1n) is 4.71. The van der Waals surface area contributed by atoms with Crippen LogP contribution in [0, 0.1) is 0 Å². The number of rotatable bonds is 0. The van der Waals surface area contributed by atoms with Crippen molar-refractivity contribution in [3.63, 3.8) is 0 Å². The summed E-state index contributed by atoms with van der Waals surface area (Å²) >= 11 is 0. The second-order valence-electron chi connectivity index (χ2n) is 3.91. The number of fused-ring (bicyclic) bond motifs is 1. The second-order valence-corrected chi connectivity index (χ2v) is 3.91. The van der Waals surface area contributed by atoms with Crippen LogP contribution < -0.4 is 0 Å². The third-order valence-corrected chi connectivity index (χ3v) is 2.65. The molecular formula is C9H17NO2. The van der Waals surface area contributed by atoms with E-state index in [9.17, 15) is 0 Å². The van der Waals surface area contributed by atoms with Crippen molar-refractivity contribution in [2.24, 2.45) is 0 Å². The number of hydrogen-bond donors (Lipinski definition) is 0. The molecule has 0 amide bonds. The Labute approximate surface area is 73.6 Å².